The first-order chi connectivity index (χ1) is 9.92. The predicted molar refractivity (Wildman–Crippen MR) is 79.8 cm³/mol. The van der Waals surface area contributed by atoms with Crippen molar-refractivity contribution in [1.29, 1.82) is 0 Å². The van der Waals surface area contributed by atoms with E-state index in [9.17, 15) is 4.79 Å². The molecule has 0 radical (unpaired) electrons. The molecule has 5 heteroatoms. The van der Waals surface area contributed by atoms with Gasteiger partial charge >= 0.3 is 6.03 Å². The summed E-state index contributed by atoms with van der Waals surface area (Å²) >= 11 is 0. The van der Waals surface area contributed by atoms with Crippen LogP contribution in [0.25, 0.3) is 0 Å². The second-order valence-electron chi connectivity index (χ2n) is 6.72. The van der Waals surface area contributed by atoms with Gasteiger partial charge in [0.25, 0.3) is 0 Å². The molecule has 1 aromatic carbocycles. The summed E-state index contributed by atoms with van der Waals surface area (Å²) in [4.78, 5) is 14.1. The lowest BCUT2D eigenvalue weighted by Crippen LogP contribution is -2.47. The van der Waals surface area contributed by atoms with Crippen molar-refractivity contribution in [3.63, 3.8) is 0 Å². The van der Waals surface area contributed by atoms with Crippen molar-refractivity contribution in [2.24, 2.45) is 0 Å². The summed E-state index contributed by atoms with van der Waals surface area (Å²) in [5.41, 5.74) is 1.01. The number of urea groups is 1. The van der Waals surface area contributed by atoms with Gasteiger partial charge in [0.2, 0.25) is 6.79 Å². The molecule has 0 aromatic heterocycles. The first kappa shape index (κ1) is 14.0. The van der Waals surface area contributed by atoms with Crippen LogP contribution in [0.4, 0.5) is 4.79 Å². The number of nitrogens with one attached hydrogen (secondary N) is 1. The van der Waals surface area contributed by atoms with Crippen LogP contribution in [0, 0.1) is 0 Å². The molecule has 2 heterocycles. The molecule has 0 bridgehead atoms. The van der Waals surface area contributed by atoms with Crippen LogP contribution in [0.1, 0.15) is 38.7 Å². The minimum atomic E-state index is -0.200. The molecule has 0 spiro atoms. The Morgan fingerprint density at radius 1 is 1.29 bits per heavy atom. The van der Waals surface area contributed by atoms with E-state index in [4.69, 9.17) is 9.47 Å². The Kier molecular flexibility index (Phi) is 3.43. The minimum absolute atomic E-state index is 0.0192. The van der Waals surface area contributed by atoms with E-state index in [1.165, 1.54) is 5.56 Å². The van der Waals surface area contributed by atoms with Gasteiger partial charge in [-0.1, -0.05) is 6.07 Å². The maximum atomic E-state index is 12.2. The third-order valence-electron chi connectivity index (χ3n) is 3.83. The molecule has 0 saturated carbocycles. The van der Waals surface area contributed by atoms with Gasteiger partial charge in [-0.05, 0) is 44.9 Å². The third-order valence-corrected chi connectivity index (χ3v) is 3.83. The molecule has 1 saturated heterocycles. The van der Waals surface area contributed by atoms with Crippen molar-refractivity contribution in [1.82, 2.24) is 10.2 Å². The topological polar surface area (TPSA) is 50.8 Å². The fourth-order valence-electron chi connectivity index (χ4n) is 2.78. The number of benzene rings is 1. The van der Waals surface area contributed by atoms with Gasteiger partial charge in [-0.25, -0.2) is 4.79 Å². The molecule has 1 unspecified atom stereocenters. The Morgan fingerprint density at radius 2 is 2.05 bits per heavy atom. The monoisotopic (exact) mass is 290 g/mol. The highest BCUT2D eigenvalue weighted by atomic mass is 16.7. The normalized spacial score (nSPS) is 20.7. The van der Waals surface area contributed by atoms with Gasteiger partial charge in [-0.15, -0.1) is 0 Å². The van der Waals surface area contributed by atoms with E-state index in [1.54, 1.807) is 0 Å². The van der Waals surface area contributed by atoms with E-state index in [0.717, 1.165) is 31.0 Å². The quantitative estimate of drug-likeness (QED) is 0.865. The van der Waals surface area contributed by atoms with Crippen molar-refractivity contribution in [2.45, 2.75) is 38.6 Å². The van der Waals surface area contributed by atoms with Gasteiger partial charge in [0, 0.05) is 24.5 Å². The molecule has 5 nitrogen and oxygen atoms in total. The largest absolute Gasteiger partial charge is 0.454 e. The average Bonchev–Trinajstić information content (AvgIpc) is 3.05. The Morgan fingerprint density at radius 3 is 2.81 bits per heavy atom. The highest BCUT2D eigenvalue weighted by Crippen LogP contribution is 2.37. The second kappa shape index (κ2) is 5.13. The molecule has 0 aliphatic carbocycles. The summed E-state index contributed by atoms with van der Waals surface area (Å²) in [5, 5.41) is 3.02. The Hall–Kier alpha value is -1.91. The molecule has 1 atom stereocenters. The number of nitrogens with zero attached hydrogens (tertiary/aromatic N) is 1. The number of likely N-dealkylation sites (tertiary alicyclic amines) is 1. The number of hydrogen-bond acceptors (Lipinski definition) is 3. The molecule has 2 aliphatic heterocycles. The molecule has 1 aromatic rings. The van der Waals surface area contributed by atoms with E-state index in [0.29, 0.717) is 12.7 Å². The van der Waals surface area contributed by atoms with Crippen molar-refractivity contribution in [3.05, 3.63) is 23.8 Å². The lowest BCUT2D eigenvalue weighted by Gasteiger charge is -2.25. The van der Waals surface area contributed by atoms with Crippen LogP contribution in [0.3, 0.4) is 0 Å². The number of carbonyl (C=O) groups excluding carboxylic acids is 1. The summed E-state index contributed by atoms with van der Waals surface area (Å²) in [6.45, 7) is 7.83. The summed E-state index contributed by atoms with van der Waals surface area (Å²) in [7, 11) is 0. The summed E-state index contributed by atoms with van der Waals surface area (Å²) in [6.07, 6.45) is 0.983. The maximum absolute atomic E-state index is 12.2. The van der Waals surface area contributed by atoms with Gasteiger partial charge in [-0.2, -0.15) is 0 Å². The molecule has 114 valence electrons. The molecule has 2 aliphatic rings. The Balaban J connectivity index is 1.66. The SMILES string of the molecule is CC(C)(C)NC(=O)N1CCC(c2ccc3c(c2)OCO3)C1. The van der Waals surface area contributed by atoms with E-state index >= 15 is 0 Å². The number of rotatable bonds is 1. The highest BCUT2D eigenvalue weighted by Gasteiger charge is 2.29. The number of carbonyl (C=O) groups is 1. The van der Waals surface area contributed by atoms with Crippen molar-refractivity contribution >= 4 is 6.03 Å². The van der Waals surface area contributed by atoms with Gasteiger partial charge in [0.05, 0.1) is 0 Å². The van der Waals surface area contributed by atoms with Crippen LogP contribution < -0.4 is 14.8 Å². The van der Waals surface area contributed by atoms with E-state index in [-0.39, 0.29) is 11.6 Å². The summed E-state index contributed by atoms with van der Waals surface area (Å²) in [5.74, 6) is 1.98. The number of fused-ring (bicyclic) bond motifs is 1. The van der Waals surface area contributed by atoms with Gasteiger partial charge in [-0.3, -0.25) is 0 Å². The second-order valence-corrected chi connectivity index (χ2v) is 6.72. The molecule has 1 fully saturated rings. The smallest absolute Gasteiger partial charge is 0.317 e. The molecular weight excluding hydrogens is 268 g/mol. The average molecular weight is 290 g/mol. The number of ether oxygens (including phenoxy) is 2. The molecular formula is C16H22N2O3. The summed E-state index contributed by atoms with van der Waals surface area (Å²) < 4.78 is 10.8. The number of hydrogen-bond donors (Lipinski definition) is 1. The predicted octanol–water partition coefficient (Wildman–Crippen LogP) is 2.71. The lowest BCUT2D eigenvalue weighted by molar-refractivity contribution is 0.174. The van der Waals surface area contributed by atoms with Crippen LogP contribution in [-0.4, -0.2) is 36.4 Å². The zero-order valence-electron chi connectivity index (χ0n) is 12.8. The summed E-state index contributed by atoms with van der Waals surface area (Å²) in [6, 6.07) is 6.09. The third kappa shape index (κ3) is 3.06. The zero-order chi connectivity index (χ0) is 15.0. The van der Waals surface area contributed by atoms with Gasteiger partial charge in [0.15, 0.2) is 11.5 Å². The highest BCUT2D eigenvalue weighted by molar-refractivity contribution is 5.75. The van der Waals surface area contributed by atoms with E-state index in [2.05, 4.69) is 11.4 Å². The van der Waals surface area contributed by atoms with E-state index in [1.807, 2.05) is 37.8 Å². The Labute approximate surface area is 125 Å². The van der Waals surface area contributed by atoms with Crippen LogP contribution in [-0.2, 0) is 0 Å². The fraction of sp³-hybridized carbons (Fsp3) is 0.562. The van der Waals surface area contributed by atoms with E-state index < -0.39 is 0 Å². The van der Waals surface area contributed by atoms with Crippen LogP contribution in [0.15, 0.2) is 18.2 Å². The first-order valence-corrected chi connectivity index (χ1v) is 7.39. The van der Waals surface area contributed by atoms with Crippen LogP contribution in [0.5, 0.6) is 11.5 Å². The molecule has 21 heavy (non-hydrogen) atoms. The molecule has 2 amide bonds. The standard InChI is InChI=1S/C16H22N2O3/c1-16(2,3)17-15(19)18-7-6-12(9-18)11-4-5-13-14(8-11)21-10-20-13/h4-5,8,12H,6-7,9-10H2,1-3H3,(H,17,19). The van der Waals surface area contributed by atoms with Crippen molar-refractivity contribution in [3.8, 4) is 11.5 Å². The Bertz CT molecular complexity index is 551. The van der Waals surface area contributed by atoms with Crippen LogP contribution in [0.2, 0.25) is 0 Å². The van der Waals surface area contributed by atoms with Gasteiger partial charge < -0.3 is 19.7 Å². The van der Waals surface area contributed by atoms with Gasteiger partial charge in [0.1, 0.15) is 0 Å². The first-order valence-electron chi connectivity index (χ1n) is 7.39. The number of amides is 2. The van der Waals surface area contributed by atoms with Crippen molar-refractivity contribution < 1.29 is 14.3 Å². The zero-order valence-corrected chi connectivity index (χ0v) is 12.8. The molecule has 1 N–H and O–H groups in total. The minimum Gasteiger partial charge on any atom is -0.454 e. The fourth-order valence-corrected chi connectivity index (χ4v) is 2.78. The lowest BCUT2D eigenvalue weighted by atomic mass is 9.98. The maximum Gasteiger partial charge on any atom is 0.317 e. The van der Waals surface area contributed by atoms with Crippen molar-refractivity contribution in [2.75, 3.05) is 19.9 Å². The van der Waals surface area contributed by atoms with Crippen LogP contribution >= 0.6 is 0 Å². The molecule has 3 rings (SSSR count).